The molecule has 2 heterocycles. The second kappa shape index (κ2) is 8.69. The van der Waals surface area contributed by atoms with Gasteiger partial charge in [-0.3, -0.25) is 0 Å². The molecule has 0 spiro atoms. The highest BCUT2D eigenvalue weighted by molar-refractivity contribution is 5.91. The molecule has 1 aromatic carbocycles. The number of rotatable bonds is 7. The maximum Gasteiger partial charge on any atom is 0.224 e. The lowest BCUT2D eigenvalue weighted by atomic mass is 9.86. The fourth-order valence-corrected chi connectivity index (χ4v) is 3.97. The zero-order valence-corrected chi connectivity index (χ0v) is 16.6. The minimum absolute atomic E-state index is 0.363. The van der Waals surface area contributed by atoms with Gasteiger partial charge in [-0.15, -0.1) is 0 Å². The molecule has 6 nitrogen and oxygen atoms in total. The number of nitrogens with two attached hydrogens (primary N) is 1. The van der Waals surface area contributed by atoms with Gasteiger partial charge >= 0.3 is 0 Å². The van der Waals surface area contributed by atoms with Crippen molar-refractivity contribution in [2.45, 2.75) is 58.0 Å². The second-order valence-corrected chi connectivity index (χ2v) is 7.89. The van der Waals surface area contributed by atoms with E-state index in [4.69, 9.17) is 15.8 Å². The number of hydrogen-bond donors (Lipinski definition) is 2. The molecule has 0 atom stereocenters. The zero-order chi connectivity index (χ0) is 19.3. The molecule has 3 N–H and O–H groups in total. The smallest absolute Gasteiger partial charge is 0.224 e. The quantitative estimate of drug-likeness (QED) is 0.602. The third-order valence-electron chi connectivity index (χ3n) is 5.67. The van der Waals surface area contributed by atoms with Crippen molar-refractivity contribution in [2.75, 3.05) is 11.9 Å². The van der Waals surface area contributed by atoms with Crippen LogP contribution in [0.5, 0.6) is 0 Å². The number of aromatic nitrogens is 4. The molecule has 4 rings (SSSR count). The molecule has 0 aliphatic heterocycles. The predicted octanol–water partition coefficient (Wildman–Crippen LogP) is 4.22. The van der Waals surface area contributed by atoms with Gasteiger partial charge < -0.3 is 11.1 Å². The van der Waals surface area contributed by atoms with Crippen LogP contribution in [0.2, 0.25) is 0 Å². The average molecular weight is 379 g/mol. The molecule has 6 heteroatoms. The van der Waals surface area contributed by atoms with Crippen LogP contribution >= 0.6 is 0 Å². The lowest BCUT2D eigenvalue weighted by Gasteiger charge is -2.25. The molecule has 0 radical (unpaired) electrons. The monoisotopic (exact) mass is 378 g/mol. The van der Waals surface area contributed by atoms with E-state index in [0.29, 0.717) is 17.9 Å². The van der Waals surface area contributed by atoms with Crippen LogP contribution in [0.3, 0.4) is 0 Å². The maximum atomic E-state index is 6.09. The van der Waals surface area contributed by atoms with Gasteiger partial charge in [-0.1, -0.05) is 43.7 Å². The summed E-state index contributed by atoms with van der Waals surface area (Å²) in [6.07, 6.45) is 8.71. The second-order valence-electron chi connectivity index (χ2n) is 7.89. The Morgan fingerprint density at radius 3 is 2.68 bits per heavy atom. The van der Waals surface area contributed by atoms with Crippen molar-refractivity contribution in [3.8, 4) is 11.3 Å². The Morgan fingerprint density at radius 2 is 1.93 bits per heavy atom. The van der Waals surface area contributed by atoms with E-state index < -0.39 is 0 Å². The number of benzene rings is 1. The highest BCUT2D eigenvalue weighted by atomic mass is 15.3. The van der Waals surface area contributed by atoms with Crippen molar-refractivity contribution in [2.24, 2.45) is 11.7 Å². The Bertz CT molecular complexity index is 896. The van der Waals surface area contributed by atoms with E-state index in [2.05, 4.69) is 34.0 Å². The van der Waals surface area contributed by atoms with Crippen molar-refractivity contribution in [3.63, 3.8) is 0 Å². The van der Waals surface area contributed by atoms with Gasteiger partial charge in [-0.05, 0) is 38.0 Å². The predicted molar refractivity (Wildman–Crippen MR) is 114 cm³/mol. The molecule has 0 saturated heterocycles. The molecule has 1 aliphatic rings. The molecular weight excluding hydrogens is 348 g/mol. The maximum absolute atomic E-state index is 6.09. The first-order valence-corrected chi connectivity index (χ1v) is 10.5. The van der Waals surface area contributed by atoms with E-state index >= 15 is 0 Å². The van der Waals surface area contributed by atoms with E-state index in [-0.39, 0.29) is 0 Å². The number of fused-ring (bicyclic) bond motifs is 1. The molecule has 28 heavy (non-hydrogen) atoms. The first-order chi connectivity index (χ1) is 13.7. The average Bonchev–Trinajstić information content (AvgIpc) is 3.08. The number of hydrogen-bond acceptors (Lipinski definition) is 5. The first-order valence-electron chi connectivity index (χ1n) is 10.5. The SMILES string of the molecule is CCCCNc1ncc2c(-c3ccccc3)nn(C[C@H]3CC[C@H](N)CC3)c2n1. The van der Waals surface area contributed by atoms with Crippen LogP contribution in [0, 0.1) is 5.92 Å². The molecule has 3 aromatic rings. The molecule has 1 saturated carbocycles. The minimum atomic E-state index is 0.363. The summed E-state index contributed by atoms with van der Waals surface area (Å²) < 4.78 is 2.09. The van der Waals surface area contributed by atoms with E-state index in [1.807, 2.05) is 24.4 Å². The van der Waals surface area contributed by atoms with Gasteiger partial charge in [0.15, 0.2) is 5.65 Å². The minimum Gasteiger partial charge on any atom is -0.354 e. The highest BCUT2D eigenvalue weighted by Crippen LogP contribution is 2.30. The van der Waals surface area contributed by atoms with Crippen molar-refractivity contribution in [3.05, 3.63) is 36.5 Å². The lowest BCUT2D eigenvalue weighted by molar-refractivity contribution is 0.288. The molecule has 1 fully saturated rings. The summed E-state index contributed by atoms with van der Waals surface area (Å²) in [4.78, 5) is 9.37. The molecule has 2 aromatic heterocycles. The topological polar surface area (TPSA) is 81.7 Å². The Hall–Kier alpha value is -2.47. The first kappa shape index (κ1) is 18.9. The van der Waals surface area contributed by atoms with E-state index in [0.717, 1.165) is 73.9 Å². The lowest BCUT2D eigenvalue weighted by Crippen LogP contribution is -2.28. The van der Waals surface area contributed by atoms with Gasteiger partial charge in [-0.25, -0.2) is 9.67 Å². The van der Waals surface area contributed by atoms with E-state index in [9.17, 15) is 0 Å². The van der Waals surface area contributed by atoms with Gasteiger partial charge in [0.2, 0.25) is 5.95 Å². The van der Waals surface area contributed by atoms with Gasteiger partial charge in [0, 0.05) is 30.9 Å². The largest absolute Gasteiger partial charge is 0.354 e. The van der Waals surface area contributed by atoms with Crippen molar-refractivity contribution in [1.82, 2.24) is 19.7 Å². The van der Waals surface area contributed by atoms with Crippen LogP contribution in [0.4, 0.5) is 5.95 Å². The van der Waals surface area contributed by atoms with Crippen LogP contribution in [0.25, 0.3) is 22.3 Å². The fourth-order valence-electron chi connectivity index (χ4n) is 3.97. The molecule has 0 unspecified atom stereocenters. The van der Waals surface area contributed by atoms with E-state index in [1.54, 1.807) is 0 Å². The highest BCUT2D eigenvalue weighted by Gasteiger charge is 2.22. The summed E-state index contributed by atoms with van der Waals surface area (Å²) in [6.45, 7) is 3.96. The number of anilines is 1. The summed E-state index contributed by atoms with van der Waals surface area (Å²) in [5.74, 6) is 1.30. The van der Waals surface area contributed by atoms with Gasteiger partial charge in [0.1, 0.15) is 5.69 Å². The van der Waals surface area contributed by atoms with Crippen LogP contribution in [0.1, 0.15) is 45.4 Å². The van der Waals surface area contributed by atoms with Crippen molar-refractivity contribution in [1.29, 1.82) is 0 Å². The molecular formula is C22H30N6. The van der Waals surface area contributed by atoms with Crippen molar-refractivity contribution < 1.29 is 0 Å². The van der Waals surface area contributed by atoms with Crippen molar-refractivity contribution >= 4 is 17.0 Å². The van der Waals surface area contributed by atoms with Crippen LogP contribution in [-0.4, -0.2) is 32.3 Å². The van der Waals surface area contributed by atoms with Gasteiger partial charge in [0.25, 0.3) is 0 Å². The third-order valence-corrected chi connectivity index (χ3v) is 5.67. The van der Waals surface area contributed by atoms with Gasteiger partial charge in [0.05, 0.1) is 5.39 Å². The Kier molecular flexibility index (Phi) is 5.86. The summed E-state index contributed by atoms with van der Waals surface area (Å²) >= 11 is 0. The molecule has 0 amide bonds. The molecule has 0 bridgehead atoms. The summed E-state index contributed by atoms with van der Waals surface area (Å²) in [5, 5.41) is 9.32. The zero-order valence-electron chi connectivity index (χ0n) is 16.6. The molecule has 1 aliphatic carbocycles. The number of nitrogens with zero attached hydrogens (tertiary/aromatic N) is 4. The summed E-state index contributed by atoms with van der Waals surface area (Å²) in [6, 6.07) is 10.7. The standard InChI is InChI=1S/C22H30N6/c1-2-3-13-24-22-25-14-19-20(17-7-5-4-6-8-17)27-28(21(19)26-22)15-16-9-11-18(23)12-10-16/h4-8,14,16,18H,2-3,9-13,15,23H2,1H3,(H,24,25,26)/t16-,18-. The number of nitrogens with one attached hydrogen (secondary N) is 1. The Morgan fingerprint density at radius 1 is 1.14 bits per heavy atom. The summed E-state index contributed by atoms with van der Waals surface area (Å²) in [5.41, 5.74) is 9.07. The number of unbranched alkanes of at least 4 members (excludes halogenated alkanes) is 1. The third kappa shape index (κ3) is 4.17. The van der Waals surface area contributed by atoms with E-state index in [1.165, 1.54) is 0 Å². The Labute approximate surface area is 166 Å². The summed E-state index contributed by atoms with van der Waals surface area (Å²) in [7, 11) is 0. The van der Waals surface area contributed by atoms with Crippen LogP contribution in [0.15, 0.2) is 36.5 Å². The van der Waals surface area contributed by atoms with Crippen LogP contribution in [-0.2, 0) is 6.54 Å². The molecule has 148 valence electrons. The van der Waals surface area contributed by atoms with Crippen LogP contribution < -0.4 is 11.1 Å². The van der Waals surface area contributed by atoms with Gasteiger partial charge in [-0.2, -0.15) is 10.1 Å². The fraction of sp³-hybridized carbons (Fsp3) is 0.500. The Balaban J connectivity index is 1.67. The normalized spacial score (nSPS) is 19.8.